The molecular weight excluding hydrogens is 344 g/mol. The lowest BCUT2D eigenvalue weighted by atomic mass is 9.96. The fourth-order valence-corrected chi connectivity index (χ4v) is 3.52. The van der Waals surface area contributed by atoms with Gasteiger partial charge in [0.25, 0.3) is 0 Å². The van der Waals surface area contributed by atoms with Gasteiger partial charge in [0.05, 0.1) is 12.2 Å². The van der Waals surface area contributed by atoms with Crippen molar-refractivity contribution in [2.75, 3.05) is 18.4 Å². The maximum Gasteiger partial charge on any atom is 0.421 e. The number of nitrogens with zero attached hydrogens (tertiary/aromatic N) is 3. The second-order valence-corrected chi connectivity index (χ2v) is 7.01. The number of hydrogen-bond donors (Lipinski definition) is 1. The number of benzene rings is 1. The number of oxazole rings is 1. The number of likely N-dealkylation sites (tertiary alicyclic amines) is 1. The lowest BCUT2D eigenvalue weighted by Crippen LogP contribution is -2.40. The molecule has 0 aliphatic carbocycles. The smallest absolute Gasteiger partial charge is 0.408 e. The summed E-state index contributed by atoms with van der Waals surface area (Å²) in [5.74, 6) is 0.223. The molecule has 0 bridgehead atoms. The first-order chi connectivity index (χ1) is 13.1. The number of carbonyl (C=O) groups is 1. The van der Waals surface area contributed by atoms with Crippen molar-refractivity contribution in [2.24, 2.45) is 5.92 Å². The Kier molecular flexibility index (Phi) is 4.77. The van der Waals surface area contributed by atoms with E-state index in [0.717, 1.165) is 37.0 Å². The van der Waals surface area contributed by atoms with Crippen LogP contribution in [0.15, 0.2) is 51.8 Å². The number of carbonyl (C=O) groups excluding carboxylic acids is 1. The highest BCUT2D eigenvalue weighted by molar-refractivity contribution is 5.91. The van der Waals surface area contributed by atoms with Crippen LogP contribution in [0.1, 0.15) is 18.4 Å². The van der Waals surface area contributed by atoms with E-state index in [1.165, 1.54) is 0 Å². The van der Waals surface area contributed by atoms with Gasteiger partial charge in [-0.3, -0.25) is 14.3 Å². The average molecular weight is 366 g/mol. The van der Waals surface area contributed by atoms with Crippen LogP contribution in [0.2, 0.25) is 0 Å². The zero-order chi connectivity index (χ0) is 18.8. The minimum absolute atomic E-state index is 0.0127. The standard InChI is InChI=1S/C20H22N4O3/c1-14-6-9-21-18(12-14)22-19(25)15-7-10-23(11-8-15)13-24-16-4-2-3-5-17(16)27-20(24)26/h2-6,9,12,15H,7-8,10-11,13H2,1H3,(H,21,22,25). The zero-order valence-corrected chi connectivity index (χ0v) is 15.2. The van der Waals surface area contributed by atoms with E-state index in [4.69, 9.17) is 4.42 Å². The number of fused-ring (bicyclic) bond motifs is 1. The highest BCUT2D eigenvalue weighted by Crippen LogP contribution is 2.20. The van der Waals surface area contributed by atoms with Crippen LogP contribution in [0.4, 0.5) is 5.82 Å². The molecule has 1 aromatic carbocycles. The van der Waals surface area contributed by atoms with E-state index in [1.54, 1.807) is 16.8 Å². The summed E-state index contributed by atoms with van der Waals surface area (Å²) in [6, 6.07) is 11.2. The molecule has 7 heteroatoms. The minimum Gasteiger partial charge on any atom is -0.408 e. The molecule has 7 nitrogen and oxygen atoms in total. The number of para-hydroxylation sites is 2. The highest BCUT2D eigenvalue weighted by atomic mass is 16.4. The molecule has 0 unspecified atom stereocenters. The predicted molar refractivity (Wildman–Crippen MR) is 102 cm³/mol. The Labute approximate surface area is 156 Å². The predicted octanol–water partition coefficient (Wildman–Crippen LogP) is 2.61. The molecule has 1 aliphatic rings. The van der Waals surface area contributed by atoms with Crippen molar-refractivity contribution in [1.82, 2.24) is 14.5 Å². The number of piperidine rings is 1. The van der Waals surface area contributed by atoms with Crippen molar-refractivity contribution < 1.29 is 9.21 Å². The van der Waals surface area contributed by atoms with Crippen LogP contribution in [0.5, 0.6) is 0 Å². The Hall–Kier alpha value is -2.93. The van der Waals surface area contributed by atoms with Gasteiger partial charge in [-0.1, -0.05) is 12.1 Å². The van der Waals surface area contributed by atoms with Crippen LogP contribution < -0.4 is 11.1 Å². The summed E-state index contributed by atoms with van der Waals surface area (Å²) in [5.41, 5.74) is 2.46. The van der Waals surface area contributed by atoms with E-state index < -0.39 is 0 Å². The molecule has 1 N–H and O–H groups in total. The number of aryl methyl sites for hydroxylation is 1. The Bertz CT molecular complexity index is 1020. The van der Waals surface area contributed by atoms with Crippen LogP contribution in [0, 0.1) is 12.8 Å². The molecule has 0 spiro atoms. The number of hydrogen-bond acceptors (Lipinski definition) is 5. The van der Waals surface area contributed by atoms with E-state index in [2.05, 4.69) is 15.2 Å². The lowest BCUT2D eigenvalue weighted by Gasteiger charge is -2.31. The van der Waals surface area contributed by atoms with E-state index in [0.29, 0.717) is 18.1 Å². The third kappa shape index (κ3) is 3.78. The maximum atomic E-state index is 12.5. The van der Waals surface area contributed by atoms with E-state index in [-0.39, 0.29) is 17.6 Å². The zero-order valence-electron chi connectivity index (χ0n) is 15.2. The molecule has 0 atom stereocenters. The van der Waals surface area contributed by atoms with Crippen molar-refractivity contribution in [3.63, 3.8) is 0 Å². The molecule has 1 amide bonds. The third-order valence-electron chi connectivity index (χ3n) is 5.04. The molecule has 1 fully saturated rings. The van der Waals surface area contributed by atoms with Crippen LogP contribution >= 0.6 is 0 Å². The second kappa shape index (κ2) is 7.36. The largest absolute Gasteiger partial charge is 0.421 e. The SMILES string of the molecule is Cc1ccnc(NC(=O)C2CCN(Cn3c(=O)oc4ccccc43)CC2)c1. The molecule has 0 radical (unpaired) electrons. The number of pyridine rings is 1. The fourth-order valence-electron chi connectivity index (χ4n) is 3.52. The first kappa shape index (κ1) is 17.5. The van der Waals surface area contributed by atoms with Gasteiger partial charge in [0.2, 0.25) is 5.91 Å². The number of amides is 1. The van der Waals surface area contributed by atoms with E-state index in [1.807, 2.05) is 37.3 Å². The summed E-state index contributed by atoms with van der Waals surface area (Å²) in [4.78, 5) is 31.0. The maximum absolute atomic E-state index is 12.5. The average Bonchev–Trinajstić information content (AvgIpc) is 2.98. The normalized spacial score (nSPS) is 15.9. The summed E-state index contributed by atoms with van der Waals surface area (Å²) in [6.07, 6.45) is 3.20. The van der Waals surface area contributed by atoms with Gasteiger partial charge in [0.1, 0.15) is 5.82 Å². The number of anilines is 1. The molecule has 3 aromatic rings. The third-order valence-corrected chi connectivity index (χ3v) is 5.04. The van der Waals surface area contributed by atoms with Crippen molar-refractivity contribution in [1.29, 1.82) is 0 Å². The van der Waals surface area contributed by atoms with Crippen LogP contribution in [-0.2, 0) is 11.5 Å². The summed E-state index contributed by atoms with van der Waals surface area (Å²) in [5, 5.41) is 2.91. The van der Waals surface area contributed by atoms with Crippen molar-refractivity contribution in [3.8, 4) is 0 Å². The number of rotatable bonds is 4. The first-order valence-corrected chi connectivity index (χ1v) is 9.14. The van der Waals surface area contributed by atoms with Gasteiger partial charge in [-0.2, -0.15) is 0 Å². The summed E-state index contributed by atoms with van der Waals surface area (Å²) in [6.45, 7) is 3.96. The van der Waals surface area contributed by atoms with E-state index in [9.17, 15) is 9.59 Å². The monoisotopic (exact) mass is 366 g/mol. The Morgan fingerprint density at radius 3 is 2.81 bits per heavy atom. The molecule has 0 saturated carbocycles. The second-order valence-electron chi connectivity index (χ2n) is 7.01. The molecule has 140 valence electrons. The Morgan fingerprint density at radius 2 is 2.04 bits per heavy atom. The van der Waals surface area contributed by atoms with Gasteiger partial charge >= 0.3 is 5.76 Å². The number of aromatic nitrogens is 2. The molecule has 1 saturated heterocycles. The van der Waals surface area contributed by atoms with Crippen LogP contribution in [0.25, 0.3) is 11.1 Å². The Morgan fingerprint density at radius 1 is 1.26 bits per heavy atom. The highest BCUT2D eigenvalue weighted by Gasteiger charge is 2.26. The fraction of sp³-hybridized carbons (Fsp3) is 0.350. The quantitative estimate of drug-likeness (QED) is 0.768. The lowest BCUT2D eigenvalue weighted by molar-refractivity contribution is -0.121. The molecule has 2 aromatic heterocycles. The van der Waals surface area contributed by atoms with Crippen molar-refractivity contribution in [2.45, 2.75) is 26.4 Å². The van der Waals surface area contributed by atoms with Gasteiger partial charge in [0, 0.05) is 25.2 Å². The summed E-state index contributed by atoms with van der Waals surface area (Å²) in [7, 11) is 0. The van der Waals surface area contributed by atoms with Crippen LogP contribution in [0.3, 0.4) is 0 Å². The van der Waals surface area contributed by atoms with Crippen molar-refractivity contribution in [3.05, 3.63) is 58.7 Å². The molecule has 27 heavy (non-hydrogen) atoms. The molecule has 4 rings (SSSR count). The number of nitrogens with one attached hydrogen (secondary N) is 1. The summed E-state index contributed by atoms with van der Waals surface area (Å²) >= 11 is 0. The van der Waals surface area contributed by atoms with Crippen LogP contribution in [-0.4, -0.2) is 33.4 Å². The molecule has 3 heterocycles. The van der Waals surface area contributed by atoms with E-state index >= 15 is 0 Å². The van der Waals surface area contributed by atoms with Gasteiger partial charge in [-0.25, -0.2) is 9.78 Å². The first-order valence-electron chi connectivity index (χ1n) is 9.14. The van der Waals surface area contributed by atoms with Crippen molar-refractivity contribution >= 4 is 22.8 Å². The van der Waals surface area contributed by atoms with Gasteiger partial charge < -0.3 is 9.73 Å². The molecular formula is C20H22N4O3. The van der Waals surface area contributed by atoms with Gasteiger partial charge in [-0.15, -0.1) is 0 Å². The molecule has 1 aliphatic heterocycles. The minimum atomic E-state index is -0.346. The topological polar surface area (TPSA) is 80.4 Å². The summed E-state index contributed by atoms with van der Waals surface area (Å²) < 4.78 is 6.93. The van der Waals surface area contributed by atoms with Gasteiger partial charge in [-0.05, 0) is 49.6 Å². The van der Waals surface area contributed by atoms with Gasteiger partial charge in [0.15, 0.2) is 5.58 Å². The Balaban J connectivity index is 1.36.